The van der Waals surface area contributed by atoms with Crippen molar-refractivity contribution in [2.75, 3.05) is 19.8 Å². The number of nitrogens with one attached hydrogen (secondary N) is 2. The second-order valence-corrected chi connectivity index (χ2v) is 14.0. The van der Waals surface area contributed by atoms with Gasteiger partial charge in [-0.05, 0) is 6.92 Å². The van der Waals surface area contributed by atoms with Gasteiger partial charge in [0.05, 0.1) is 38.1 Å². The van der Waals surface area contributed by atoms with Gasteiger partial charge in [-0.1, -0.05) is 0 Å². The predicted molar refractivity (Wildman–Crippen MR) is 173 cm³/mol. The fourth-order valence-corrected chi connectivity index (χ4v) is 6.99. The van der Waals surface area contributed by atoms with Crippen LogP contribution in [0.15, 0.2) is 0 Å². The van der Waals surface area contributed by atoms with Crippen molar-refractivity contribution in [3.05, 3.63) is 0 Å². The minimum atomic E-state index is -3.12. The van der Waals surface area contributed by atoms with E-state index in [-0.39, 0.29) is 0 Å². The number of aliphatic carboxylic acids is 1. The van der Waals surface area contributed by atoms with E-state index in [1.807, 2.05) is 0 Å². The van der Waals surface area contributed by atoms with Crippen LogP contribution in [0.25, 0.3) is 0 Å². The molecular weight excluding hydrogens is 768 g/mol. The molecule has 0 radical (unpaired) electrons. The van der Waals surface area contributed by atoms with Crippen molar-refractivity contribution in [1.29, 1.82) is 0 Å². The highest BCUT2D eigenvalue weighted by molar-refractivity contribution is 5.76. The van der Waals surface area contributed by atoms with E-state index >= 15 is 0 Å². The van der Waals surface area contributed by atoms with Gasteiger partial charge >= 0.3 is 5.97 Å². The van der Waals surface area contributed by atoms with Gasteiger partial charge in [-0.2, -0.15) is 0 Å². The van der Waals surface area contributed by atoms with Crippen molar-refractivity contribution in [1.82, 2.24) is 10.6 Å². The maximum absolute atomic E-state index is 12.9. The zero-order valence-corrected chi connectivity index (χ0v) is 30.3. The molecule has 21 atom stereocenters. The molecule has 0 saturated carbocycles. The third-order valence-corrected chi connectivity index (χ3v) is 9.94. The first kappa shape index (κ1) is 46.3. The summed E-state index contributed by atoms with van der Waals surface area (Å²) in [6.45, 7) is 0.283. The van der Waals surface area contributed by atoms with Gasteiger partial charge < -0.3 is 110 Å². The Balaban J connectivity index is 1.71. The summed E-state index contributed by atoms with van der Waals surface area (Å²) in [6.07, 6.45) is -35.1. The van der Waals surface area contributed by atoms with E-state index in [0.29, 0.717) is 0 Å². The molecule has 0 spiro atoms. The van der Waals surface area contributed by atoms with E-state index in [4.69, 9.17) is 33.2 Å². The fraction of sp³-hybridized carbons (Fsp3) is 0.903. The molecule has 4 heterocycles. The van der Waals surface area contributed by atoms with Gasteiger partial charge in [0.15, 0.2) is 18.9 Å². The van der Waals surface area contributed by atoms with Crippen molar-refractivity contribution >= 4 is 17.8 Å². The maximum Gasteiger partial charge on any atom is 0.364 e. The van der Waals surface area contributed by atoms with Crippen molar-refractivity contribution in [3.8, 4) is 0 Å². The first-order valence-corrected chi connectivity index (χ1v) is 17.6. The number of carbonyl (C=O) groups excluding carboxylic acids is 2. The highest BCUT2D eigenvalue weighted by Gasteiger charge is 2.60. The molecule has 15 N–H and O–H groups in total. The smallest absolute Gasteiger partial charge is 0.364 e. The molecule has 19 unspecified atom stereocenters. The monoisotopic (exact) mass is 820 g/mol. The summed E-state index contributed by atoms with van der Waals surface area (Å²) in [5, 5.41) is 142. The zero-order chi connectivity index (χ0) is 42.0. The van der Waals surface area contributed by atoms with E-state index in [0.717, 1.165) is 13.8 Å². The number of hydrogen-bond donors (Lipinski definition) is 15. The molecule has 4 aliphatic rings. The molecule has 4 rings (SSSR count). The fourth-order valence-electron chi connectivity index (χ4n) is 6.99. The number of hydrogen-bond acceptors (Lipinski definition) is 22. The van der Waals surface area contributed by atoms with E-state index in [9.17, 15) is 80.8 Å². The number of aliphatic hydroxyl groups excluding tert-OH is 12. The maximum atomic E-state index is 12.9. The molecule has 0 aromatic heterocycles. The Labute approximate surface area is 317 Å². The number of aliphatic hydroxyl groups is 12. The molecule has 0 bridgehead atoms. The summed E-state index contributed by atoms with van der Waals surface area (Å²) < 4.78 is 39.7. The predicted octanol–water partition coefficient (Wildman–Crippen LogP) is -9.23. The summed E-state index contributed by atoms with van der Waals surface area (Å²) in [6, 6.07) is -3.22. The molecule has 4 saturated heterocycles. The molecule has 0 aromatic carbocycles. The second kappa shape index (κ2) is 19.1. The number of carboxylic acids is 1. The average molecular weight is 821 g/mol. The Morgan fingerprint density at radius 1 is 0.732 bits per heavy atom. The van der Waals surface area contributed by atoms with Crippen LogP contribution in [0.5, 0.6) is 0 Å². The van der Waals surface area contributed by atoms with Crippen LogP contribution in [-0.2, 0) is 47.5 Å². The molecule has 56 heavy (non-hydrogen) atoms. The van der Waals surface area contributed by atoms with Crippen LogP contribution in [0.1, 0.15) is 27.2 Å². The molecular formula is C31H52N2O23. The standard InChI is InChI=1S/C31H52N2O23/c1-8-17(41)20(44)21(45)28(50-8)54-25-16(33-10(3)38)27(47)51-14(7-36)23(25)53-29-22(46)26(19(43)13(6-35)52-29)56-31(30(48)49)4-11(39)15(32-9(2)37)24(55-31)18(42)12(40)5-34/h8,11-29,34-36,39-47H,4-7H2,1-3H3,(H,32,37)(H,33,38)(H,48,49)/t8?,11?,12-,13?,14?,15?,16?,17?,18-,19?,20?,21?,22?,23?,24?,25?,26?,27?,28?,29?,31?/m1/s1. The summed E-state index contributed by atoms with van der Waals surface area (Å²) in [5.41, 5.74) is 0. The number of amides is 2. The van der Waals surface area contributed by atoms with Gasteiger partial charge in [0, 0.05) is 20.3 Å². The quantitative estimate of drug-likeness (QED) is 0.0773. The van der Waals surface area contributed by atoms with Gasteiger partial charge in [0.25, 0.3) is 5.79 Å². The molecule has 4 aliphatic heterocycles. The lowest BCUT2D eigenvalue weighted by Crippen LogP contribution is -2.71. The number of carbonyl (C=O) groups is 3. The van der Waals surface area contributed by atoms with Crippen molar-refractivity contribution in [3.63, 3.8) is 0 Å². The summed E-state index contributed by atoms with van der Waals surface area (Å²) in [7, 11) is 0. The van der Waals surface area contributed by atoms with Gasteiger partial charge in [-0.15, -0.1) is 0 Å². The Kier molecular flexibility index (Phi) is 15.8. The summed E-state index contributed by atoms with van der Waals surface area (Å²) >= 11 is 0. The molecule has 25 nitrogen and oxygen atoms in total. The minimum absolute atomic E-state index is 0.767. The van der Waals surface area contributed by atoms with Gasteiger partial charge in [0.1, 0.15) is 85.4 Å². The van der Waals surface area contributed by atoms with Crippen molar-refractivity contribution < 1.29 is 114 Å². The first-order chi connectivity index (χ1) is 26.2. The van der Waals surface area contributed by atoms with E-state index < -0.39 is 172 Å². The van der Waals surface area contributed by atoms with Gasteiger partial charge in [0.2, 0.25) is 11.8 Å². The normalized spacial score (nSPS) is 45.7. The van der Waals surface area contributed by atoms with Crippen LogP contribution in [-0.4, -0.2) is 232 Å². The average Bonchev–Trinajstić information content (AvgIpc) is 3.14. The highest BCUT2D eigenvalue weighted by atomic mass is 16.8. The van der Waals surface area contributed by atoms with Crippen LogP contribution in [0, 0.1) is 0 Å². The van der Waals surface area contributed by atoms with Crippen LogP contribution < -0.4 is 10.6 Å². The molecule has 0 aromatic rings. The number of rotatable bonds is 14. The van der Waals surface area contributed by atoms with E-state index in [1.54, 1.807) is 0 Å². The van der Waals surface area contributed by atoms with E-state index in [2.05, 4.69) is 10.6 Å². The summed E-state index contributed by atoms with van der Waals surface area (Å²) in [4.78, 5) is 37.0. The third kappa shape index (κ3) is 9.74. The van der Waals surface area contributed by atoms with Crippen molar-refractivity contribution in [2.45, 2.75) is 155 Å². The second-order valence-electron chi connectivity index (χ2n) is 14.0. The topological polar surface area (TPSA) is 403 Å². The first-order valence-electron chi connectivity index (χ1n) is 17.6. The number of ether oxygens (including phenoxy) is 7. The Bertz CT molecular complexity index is 1330. The van der Waals surface area contributed by atoms with Gasteiger partial charge in [-0.25, -0.2) is 4.79 Å². The SMILES string of the molecule is CC(=O)NC1C(O)OC(CO)C(OC2OC(CO)C(O)C(OC3(C(=O)O)CC(O)C(NC(C)=O)C([C@H](O)[C@H](O)CO)O3)C2O)C1OC1OC(C)C(O)C(O)C1O. The number of carboxylic acid groups (broad SMARTS) is 1. The van der Waals surface area contributed by atoms with Gasteiger partial charge in [-0.3, -0.25) is 9.59 Å². The van der Waals surface area contributed by atoms with Crippen molar-refractivity contribution in [2.24, 2.45) is 0 Å². The Morgan fingerprint density at radius 2 is 1.30 bits per heavy atom. The largest absolute Gasteiger partial charge is 0.477 e. The molecule has 25 heteroatoms. The third-order valence-electron chi connectivity index (χ3n) is 9.94. The zero-order valence-electron chi connectivity index (χ0n) is 30.3. The Hall–Kier alpha value is -2.35. The Morgan fingerprint density at radius 3 is 1.86 bits per heavy atom. The lowest BCUT2D eigenvalue weighted by Gasteiger charge is -2.51. The van der Waals surface area contributed by atoms with E-state index in [1.165, 1.54) is 6.92 Å². The molecule has 4 fully saturated rings. The van der Waals surface area contributed by atoms with Crippen LogP contribution >= 0.6 is 0 Å². The lowest BCUT2D eigenvalue weighted by atomic mass is 9.88. The summed E-state index contributed by atoms with van der Waals surface area (Å²) in [5.74, 6) is -6.69. The highest BCUT2D eigenvalue weighted by Crippen LogP contribution is 2.39. The van der Waals surface area contributed by atoms with Crippen LogP contribution in [0.4, 0.5) is 0 Å². The lowest BCUT2D eigenvalue weighted by molar-refractivity contribution is -0.390. The minimum Gasteiger partial charge on any atom is -0.477 e. The molecule has 324 valence electrons. The molecule has 2 amide bonds. The van der Waals surface area contributed by atoms with Crippen LogP contribution in [0.3, 0.4) is 0 Å². The van der Waals surface area contributed by atoms with Crippen LogP contribution in [0.2, 0.25) is 0 Å². The molecule has 0 aliphatic carbocycles.